The van der Waals surface area contributed by atoms with E-state index < -0.39 is 11.6 Å². The van der Waals surface area contributed by atoms with Gasteiger partial charge in [0.2, 0.25) is 0 Å². The lowest BCUT2D eigenvalue weighted by Gasteiger charge is -2.22. The topological polar surface area (TPSA) is 21.3 Å². The first-order chi connectivity index (χ1) is 8.24. The highest BCUT2D eigenvalue weighted by Gasteiger charge is 2.12. The number of rotatable bonds is 4. The average Bonchev–Trinajstić information content (AvgIpc) is 2.29. The zero-order chi connectivity index (χ0) is 12.1. The Bertz CT molecular complexity index is 344. The van der Waals surface area contributed by atoms with Gasteiger partial charge in [0, 0.05) is 18.2 Å². The highest BCUT2D eigenvalue weighted by Crippen LogP contribution is 2.18. The molecule has 0 aromatic heterocycles. The summed E-state index contributed by atoms with van der Waals surface area (Å²) in [5, 5.41) is 3.33. The largest absolute Gasteiger partial charge is 0.493 e. The van der Waals surface area contributed by atoms with Gasteiger partial charge in [0.15, 0.2) is 0 Å². The number of nitrogens with one attached hydrogen (secondary N) is 1. The second-order valence-electron chi connectivity index (χ2n) is 4.45. The molecule has 2 nitrogen and oxygen atoms in total. The van der Waals surface area contributed by atoms with Crippen LogP contribution < -0.4 is 10.1 Å². The van der Waals surface area contributed by atoms with Gasteiger partial charge in [-0.05, 0) is 38.3 Å². The summed E-state index contributed by atoms with van der Waals surface area (Å²) in [7, 11) is 0. The van der Waals surface area contributed by atoms with Gasteiger partial charge in [0.1, 0.15) is 17.4 Å². The van der Waals surface area contributed by atoms with E-state index in [9.17, 15) is 8.78 Å². The molecule has 1 N–H and O–H groups in total. The molecule has 94 valence electrons. The Kier molecular flexibility index (Phi) is 4.31. The summed E-state index contributed by atoms with van der Waals surface area (Å²) in [5.41, 5.74) is 0. The van der Waals surface area contributed by atoms with Gasteiger partial charge < -0.3 is 10.1 Å². The Hall–Kier alpha value is -1.16. The molecule has 1 saturated heterocycles. The number of piperidine rings is 1. The van der Waals surface area contributed by atoms with E-state index in [2.05, 4.69) is 5.32 Å². The van der Waals surface area contributed by atoms with E-state index in [1.165, 1.54) is 25.0 Å². The van der Waals surface area contributed by atoms with Crippen LogP contribution >= 0.6 is 0 Å². The summed E-state index contributed by atoms with van der Waals surface area (Å²) >= 11 is 0. The summed E-state index contributed by atoms with van der Waals surface area (Å²) in [6, 6.07) is 3.27. The molecule has 1 aromatic rings. The van der Waals surface area contributed by atoms with E-state index in [0.717, 1.165) is 25.6 Å². The first-order valence-corrected chi connectivity index (χ1v) is 6.03. The molecule has 0 amide bonds. The second kappa shape index (κ2) is 5.96. The van der Waals surface area contributed by atoms with Crippen molar-refractivity contribution < 1.29 is 13.5 Å². The van der Waals surface area contributed by atoms with Gasteiger partial charge in [-0.2, -0.15) is 0 Å². The summed E-state index contributed by atoms with van der Waals surface area (Å²) < 4.78 is 31.1. The van der Waals surface area contributed by atoms with Crippen molar-refractivity contribution in [1.29, 1.82) is 0 Å². The van der Waals surface area contributed by atoms with Gasteiger partial charge in [-0.1, -0.05) is 0 Å². The highest BCUT2D eigenvalue weighted by atomic mass is 19.1. The summed E-state index contributed by atoms with van der Waals surface area (Å²) in [6.07, 6.45) is 3.32. The maximum atomic E-state index is 12.9. The van der Waals surface area contributed by atoms with Crippen molar-refractivity contribution in [2.45, 2.75) is 19.3 Å². The zero-order valence-corrected chi connectivity index (χ0v) is 9.72. The third-order valence-corrected chi connectivity index (χ3v) is 3.03. The molecule has 2 rings (SSSR count). The van der Waals surface area contributed by atoms with Crippen molar-refractivity contribution >= 4 is 0 Å². The molecule has 0 saturated carbocycles. The number of hydrogen-bond acceptors (Lipinski definition) is 2. The smallest absolute Gasteiger partial charge is 0.129 e. The van der Waals surface area contributed by atoms with Crippen LogP contribution in [-0.4, -0.2) is 19.7 Å². The van der Waals surface area contributed by atoms with Gasteiger partial charge in [-0.15, -0.1) is 0 Å². The molecule has 1 aliphatic rings. The SMILES string of the molecule is Fc1cc(F)cc(OCC[C@H]2CCCNC2)c1. The lowest BCUT2D eigenvalue weighted by Crippen LogP contribution is -2.30. The predicted molar refractivity (Wildman–Crippen MR) is 62.1 cm³/mol. The van der Waals surface area contributed by atoms with E-state index in [1.54, 1.807) is 0 Å². The van der Waals surface area contributed by atoms with E-state index in [1.807, 2.05) is 0 Å². The minimum Gasteiger partial charge on any atom is -0.493 e. The number of benzene rings is 1. The molecule has 0 unspecified atom stereocenters. The lowest BCUT2D eigenvalue weighted by molar-refractivity contribution is 0.252. The zero-order valence-electron chi connectivity index (χ0n) is 9.72. The molecule has 1 atom stereocenters. The van der Waals surface area contributed by atoms with E-state index >= 15 is 0 Å². The molecule has 0 aliphatic carbocycles. The normalized spacial score (nSPS) is 20.2. The van der Waals surface area contributed by atoms with Crippen molar-refractivity contribution in [3.05, 3.63) is 29.8 Å². The van der Waals surface area contributed by atoms with Crippen LogP contribution in [0.1, 0.15) is 19.3 Å². The average molecular weight is 241 g/mol. The van der Waals surface area contributed by atoms with Crippen LogP contribution in [-0.2, 0) is 0 Å². The fraction of sp³-hybridized carbons (Fsp3) is 0.538. The fourth-order valence-electron chi connectivity index (χ4n) is 2.13. The summed E-state index contributed by atoms with van der Waals surface area (Å²) in [6.45, 7) is 2.61. The lowest BCUT2D eigenvalue weighted by atomic mass is 9.97. The van der Waals surface area contributed by atoms with Gasteiger partial charge in [0.05, 0.1) is 6.61 Å². The van der Waals surface area contributed by atoms with Crippen molar-refractivity contribution in [2.24, 2.45) is 5.92 Å². The predicted octanol–water partition coefficient (Wildman–Crippen LogP) is 2.73. The van der Waals surface area contributed by atoms with Crippen LogP contribution in [0.2, 0.25) is 0 Å². The van der Waals surface area contributed by atoms with Crippen LogP contribution in [0.3, 0.4) is 0 Å². The van der Waals surface area contributed by atoms with Gasteiger partial charge in [0.25, 0.3) is 0 Å². The van der Waals surface area contributed by atoms with Crippen LogP contribution in [0.25, 0.3) is 0 Å². The summed E-state index contributed by atoms with van der Waals surface area (Å²) in [5.74, 6) is -0.313. The van der Waals surface area contributed by atoms with Gasteiger partial charge in [-0.3, -0.25) is 0 Å². The highest BCUT2D eigenvalue weighted by molar-refractivity contribution is 5.23. The maximum Gasteiger partial charge on any atom is 0.129 e. The number of ether oxygens (including phenoxy) is 1. The van der Waals surface area contributed by atoms with Gasteiger partial charge in [-0.25, -0.2) is 8.78 Å². The molecule has 17 heavy (non-hydrogen) atoms. The Labute approximate surface area is 100.0 Å². The van der Waals surface area contributed by atoms with Crippen molar-refractivity contribution in [3.8, 4) is 5.75 Å². The third kappa shape index (κ3) is 3.97. The standard InChI is InChI=1S/C13H17F2NO/c14-11-6-12(15)8-13(7-11)17-5-3-10-2-1-4-16-9-10/h6-8,10,16H,1-5,9H2/t10-/m1/s1. The second-order valence-corrected chi connectivity index (χ2v) is 4.45. The molecular weight excluding hydrogens is 224 g/mol. The molecule has 0 bridgehead atoms. The molecule has 4 heteroatoms. The Morgan fingerprint density at radius 2 is 2.00 bits per heavy atom. The molecule has 0 radical (unpaired) electrons. The van der Waals surface area contributed by atoms with Crippen LogP contribution in [0.15, 0.2) is 18.2 Å². The fourth-order valence-corrected chi connectivity index (χ4v) is 2.13. The first kappa shape index (κ1) is 12.3. The van der Waals surface area contributed by atoms with Gasteiger partial charge >= 0.3 is 0 Å². The van der Waals surface area contributed by atoms with Crippen molar-refractivity contribution in [1.82, 2.24) is 5.32 Å². The number of hydrogen-bond donors (Lipinski definition) is 1. The quantitative estimate of drug-likeness (QED) is 0.875. The Morgan fingerprint density at radius 1 is 1.24 bits per heavy atom. The van der Waals surface area contributed by atoms with Crippen LogP contribution in [0.4, 0.5) is 8.78 Å². The van der Waals surface area contributed by atoms with E-state index in [-0.39, 0.29) is 5.75 Å². The minimum atomic E-state index is -0.598. The third-order valence-electron chi connectivity index (χ3n) is 3.03. The van der Waals surface area contributed by atoms with E-state index in [0.29, 0.717) is 12.5 Å². The Balaban J connectivity index is 1.77. The Morgan fingerprint density at radius 3 is 2.65 bits per heavy atom. The minimum absolute atomic E-state index is 0.270. The monoisotopic (exact) mass is 241 g/mol. The van der Waals surface area contributed by atoms with E-state index in [4.69, 9.17) is 4.74 Å². The molecule has 1 aromatic carbocycles. The maximum absolute atomic E-state index is 12.9. The van der Waals surface area contributed by atoms with Crippen molar-refractivity contribution in [3.63, 3.8) is 0 Å². The molecule has 1 aliphatic heterocycles. The van der Waals surface area contributed by atoms with Crippen LogP contribution in [0, 0.1) is 17.6 Å². The molecule has 1 heterocycles. The van der Waals surface area contributed by atoms with Crippen LogP contribution in [0.5, 0.6) is 5.75 Å². The molecule has 1 fully saturated rings. The number of halogens is 2. The molecule has 0 spiro atoms. The summed E-state index contributed by atoms with van der Waals surface area (Å²) in [4.78, 5) is 0. The molecular formula is C13H17F2NO. The first-order valence-electron chi connectivity index (χ1n) is 6.03. The van der Waals surface area contributed by atoms with Crippen molar-refractivity contribution in [2.75, 3.05) is 19.7 Å².